The zero-order chi connectivity index (χ0) is 66.5. The summed E-state index contributed by atoms with van der Waals surface area (Å²) in [6, 6.07) is -1.54. The number of aliphatic hydroxyl groups excluding tert-OH is 23. The van der Waals surface area contributed by atoms with Gasteiger partial charge in [-0.3, -0.25) is 0 Å². The maximum absolute atomic E-state index is 12.2. The van der Waals surface area contributed by atoms with Gasteiger partial charge in [0, 0.05) is 12.4 Å². The third-order valence-electron chi connectivity index (χ3n) is 17.8. The molecule has 0 unspecified atom stereocenters. The molecule has 41 heteroatoms. The van der Waals surface area contributed by atoms with Crippen LogP contribution < -0.4 is 0 Å². The van der Waals surface area contributed by atoms with Gasteiger partial charge in [0.05, 0.1) is 59.2 Å². The molecule has 1 aromatic heterocycles. The van der Waals surface area contributed by atoms with Crippen molar-refractivity contribution in [2.45, 2.75) is 246 Å². The highest BCUT2D eigenvalue weighted by molar-refractivity contribution is 5.04. The second-order valence-corrected chi connectivity index (χ2v) is 23.5. The number of hydrogen-bond acceptors (Lipinski definition) is 40. The topological polar surface area (TPSA) is 631 Å². The monoisotopic (exact) mass is 1350 g/mol. The highest BCUT2D eigenvalue weighted by Gasteiger charge is 2.60. The molecule has 92 heavy (non-hydrogen) atoms. The van der Waals surface area contributed by atoms with Crippen LogP contribution in [0, 0.1) is 0 Å². The van der Waals surface area contributed by atoms with Gasteiger partial charge >= 0.3 is 0 Å². The van der Waals surface area contributed by atoms with Crippen molar-refractivity contribution < 1.29 is 193 Å². The van der Waals surface area contributed by atoms with Gasteiger partial charge in [-0.05, 0) is 0 Å². The lowest BCUT2D eigenvalue weighted by Gasteiger charge is -2.51. The number of aliphatic hydroxyl groups is 23. The largest absolute Gasteiger partial charge is 0.394 e. The van der Waals surface area contributed by atoms with E-state index in [-0.39, 0.29) is 0 Å². The molecule has 0 aliphatic carbocycles. The molecule has 31 rings (SSSR count). The van der Waals surface area contributed by atoms with Crippen LogP contribution in [0.5, 0.6) is 0 Å². The van der Waals surface area contributed by atoms with E-state index in [0.717, 1.165) is 0 Å². The van der Waals surface area contributed by atoms with Crippen LogP contribution in [0.1, 0.15) is 6.04 Å². The summed E-state index contributed by atoms with van der Waals surface area (Å²) < 4.78 is 94.2. The fourth-order valence-corrected chi connectivity index (χ4v) is 12.7. The van der Waals surface area contributed by atoms with Crippen LogP contribution >= 0.6 is 0 Å². The molecule has 31 heterocycles. The lowest BCUT2D eigenvalue weighted by molar-refractivity contribution is -0.402. The Morgan fingerprint density at radius 2 is 0.402 bits per heavy atom. The van der Waals surface area contributed by atoms with Crippen LogP contribution in [0.3, 0.4) is 0 Å². The van der Waals surface area contributed by atoms with Crippen LogP contribution in [0.25, 0.3) is 0 Å². The Morgan fingerprint density at radius 3 is 0.576 bits per heavy atom. The second kappa shape index (κ2) is 30.8. The molecule has 30 aliphatic rings. The molecule has 0 radical (unpaired) electrons. The average molecular weight is 1350 g/mol. The van der Waals surface area contributed by atoms with Crippen molar-refractivity contribution in [3.63, 3.8) is 0 Å². The first-order chi connectivity index (χ1) is 44.0. The number of nitrogens with zero attached hydrogens (tertiary/aromatic N) is 2. The van der Waals surface area contributed by atoms with Crippen molar-refractivity contribution >= 4 is 0 Å². The second-order valence-electron chi connectivity index (χ2n) is 23.5. The van der Waals surface area contributed by atoms with Crippen molar-refractivity contribution in [3.05, 3.63) is 18.7 Å². The Hall–Kier alpha value is -2.35. The minimum absolute atomic E-state index is 1.02. The molecule has 23 N–H and O–H groups in total. The first-order valence-corrected chi connectivity index (χ1v) is 29.5. The number of imidazole rings is 1. The van der Waals surface area contributed by atoms with E-state index in [2.05, 4.69) is 4.98 Å². The van der Waals surface area contributed by atoms with Gasteiger partial charge < -0.3 is 198 Å². The van der Waals surface area contributed by atoms with E-state index in [1.165, 1.54) is 23.3 Å². The highest BCUT2D eigenvalue weighted by Crippen LogP contribution is 2.41. The van der Waals surface area contributed by atoms with Crippen molar-refractivity contribution in [3.8, 4) is 0 Å². The SMILES string of the molecule is OC[C@H]1O[C@@H]2O[C@H]3[C@H](O)[C@@H](O)[C@@H](O[C@H]4[C@H](O)[C@@H](O)[C@@H](O[C@H]5[C@H](O)[C@@H](O)[C@@H](O[C@H]6[C@@H](O)[C@H](n7ccnc7)[C@@H](O[C@H]7[C@H](O)[C@@H](O)[C@@H](O[C@H]8[C@H](O)[C@@H](O)[C@@H](O[C@H]9[C@H](O)[C@@H](O)[C@@H](O[C@H]1[C@H](O)[C@H]2O)O[C@@H]9CO)O[C@@H]8CO)O[C@@H]7CO)O[C@@H]6CO)O[C@@H]5CO)O[C@@H]4CO)O[C@@H]3CO. The fourth-order valence-electron chi connectivity index (χ4n) is 12.7. The standard InChI is InChI=1S/C51H82N2O39/c54-3-12-36-21(62)20(53-2-1-52-11-53)44(77-12)85-37-13(4-55)78-46(29(70)22(37)63)87-39-15(6-57)80-48(31(72)24(39)65)89-41-17(8-59)82-50(33(74)26(41)67)91-43-19(10-61)84-51(35(76)28(43)69)92-42-18(9-60)83-49(34(75)27(42)68)90-40-16(7-58)81-47(32(73)25(40)66)88-38-14(5-56)79-45(86-36)30(71)23(38)64/h1-2,11-51,54-76H,3-10H2/t12-,13-,14-,15-,16-,17-,18-,19-,20+,21+,22-,23-,24-,25-,26-,27-,28-,29-,30-,31-,32-,33-,34-,35-,36-,37-,38-,39-,40-,41-,42-,43-,44-,45-,46-,47-,48-,49-,50-,51-/m1/s1. The van der Waals surface area contributed by atoms with Crippen LogP contribution in [-0.2, 0) is 75.8 Å². The van der Waals surface area contributed by atoms with E-state index in [1.807, 2.05) is 0 Å². The van der Waals surface area contributed by atoms with Gasteiger partial charge in [-0.2, -0.15) is 0 Å². The fraction of sp³-hybridized carbons (Fsp3) is 0.941. The van der Waals surface area contributed by atoms with Gasteiger partial charge in [0.15, 0.2) is 50.3 Å². The van der Waals surface area contributed by atoms with E-state index in [4.69, 9.17) is 75.8 Å². The molecule has 16 bridgehead atoms. The predicted molar refractivity (Wildman–Crippen MR) is 276 cm³/mol. The summed E-state index contributed by atoms with van der Waals surface area (Å²) in [6.45, 7) is -8.48. The van der Waals surface area contributed by atoms with Gasteiger partial charge in [0.1, 0.15) is 195 Å². The van der Waals surface area contributed by atoms with Gasteiger partial charge in [0.2, 0.25) is 0 Å². The Bertz CT molecular complexity index is 2410. The molecule has 30 aliphatic heterocycles. The van der Waals surface area contributed by atoms with Crippen LogP contribution in [-0.4, -0.2) is 419 Å². The lowest BCUT2D eigenvalue weighted by Crippen LogP contribution is -2.69. The minimum Gasteiger partial charge on any atom is -0.394 e. The Kier molecular flexibility index (Phi) is 24.3. The molecule has 0 amide bonds. The van der Waals surface area contributed by atoms with Gasteiger partial charge in [-0.1, -0.05) is 0 Å². The minimum atomic E-state index is -2.25. The van der Waals surface area contributed by atoms with E-state index in [9.17, 15) is 117 Å². The lowest BCUT2D eigenvalue weighted by atomic mass is 9.94. The van der Waals surface area contributed by atoms with E-state index < -0.39 is 298 Å². The molecular formula is C51H82N2O39. The summed E-state index contributed by atoms with van der Waals surface area (Å²) in [5.41, 5.74) is 0. The van der Waals surface area contributed by atoms with Crippen molar-refractivity contribution in [2.24, 2.45) is 0 Å². The van der Waals surface area contributed by atoms with Crippen molar-refractivity contribution in [1.82, 2.24) is 9.55 Å². The zero-order valence-corrected chi connectivity index (χ0v) is 48.2. The summed E-state index contributed by atoms with van der Waals surface area (Å²) in [4.78, 5) is 3.98. The number of aromatic nitrogens is 2. The van der Waals surface area contributed by atoms with Crippen molar-refractivity contribution in [1.29, 1.82) is 0 Å². The summed E-state index contributed by atoms with van der Waals surface area (Å²) in [5, 5.41) is 257. The molecule has 0 saturated carbocycles. The van der Waals surface area contributed by atoms with Gasteiger partial charge in [0.25, 0.3) is 0 Å². The summed E-state index contributed by atoms with van der Waals surface area (Å²) in [5.74, 6) is 0. The Labute approximate surface area is 519 Å². The number of ether oxygens (including phenoxy) is 16. The van der Waals surface area contributed by atoms with Gasteiger partial charge in [-0.25, -0.2) is 4.98 Å². The smallest absolute Gasteiger partial charge is 0.187 e. The first kappa shape index (κ1) is 72.4. The summed E-state index contributed by atoms with van der Waals surface area (Å²) >= 11 is 0. The third-order valence-corrected chi connectivity index (χ3v) is 17.8. The van der Waals surface area contributed by atoms with Crippen LogP contribution in [0.4, 0.5) is 0 Å². The molecule has 1 aromatic rings. The van der Waals surface area contributed by atoms with Gasteiger partial charge in [-0.15, -0.1) is 0 Å². The molecule has 30 fully saturated rings. The zero-order valence-electron chi connectivity index (χ0n) is 48.2. The first-order valence-electron chi connectivity index (χ1n) is 29.5. The maximum Gasteiger partial charge on any atom is 0.187 e. The normalized spacial score (nSPS) is 53.5. The van der Waals surface area contributed by atoms with Crippen LogP contribution in [0.2, 0.25) is 0 Å². The molecule has 0 spiro atoms. The average Bonchev–Trinajstić information content (AvgIpc) is 0.969. The Balaban J connectivity index is 0.929. The molecule has 0 aromatic carbocycles. The summed E-state index contributed by atoms with van der Waals surface area (Å²) in [6.07, 6.45) is -74.7. The number of rotatable bonds is 9. The molecule has 530 valence electrons. The van der Waals surface area contributed by atoms with E-state index in [0.29, 0.717) is 0 Å². The van der Waals surface area contributed by atoms with Crippen LogP contribution in [0.15, 0.2) is 18.7 Å². The highest BCUT2D eigenvalue weighted by atomic mass is 16.8. The van der Waals surface area contributed by atoms with E-state index >= 15 is 0 Å². The maximum atomic E-state index is 12.2. The molecule has 40 atom stereocenters. The third kappa shape index (κ3) is 14.0. The van der Waals surface area contributed by atoms with E-state index in [1.54, 1.807) is 0 Å². The Morgan fingerprint density at radius 1 is 0.228 bits per heavy atom. The molecule has 41 nitrogen and oxygen atoms in total. The number of hydrogen-bond donors (Lipinski definition) is 23. The molecular weight excluding hydrogens is 1260 g/mol. The predicted octanol–water partition coefficient (Wildman–Crippen LogP) is -16.3. The quantitative estimate of drug-likeness (QED) is 0.109. The van der Waals surface area contributed by atoms with Crippen molar-refractivity contribution in [2.75, 3.05) is 52.9 Å². The molecule has 30 saturated heterocycles. The summed E-state index contributed by atoms with van der Waals surface area (Å²) in [7, 11) is 0.